The largest absolute Gasteiger partial charge is 0.379 e. The number of nitriles is 1. The second kappa shape index (κ2) is 4.35. The van der Waals surface area contributed by atoms with Crippen LogP contribution in [0.1, 0.15) is 33.6 Å². The average molecular weight is 155 g/mol. The number of nitrogens with zero attached hydrogens (tertiary/aromatic N) is 1. The first kappa shape index (κ1) is 10.4. The molecule has 0 bridgehead atoms. The minimum absolute atomic E-state index is 0.0870. The molecular weight excluding hydrogens is 138 g/mol. The summed E-state index contributed by atoms with van der Waals surface area (Å²) < 4.78 is 5.25. The fourth-order valence-electron chi connectivity index (χ4n) is 1.15. The molecule has 0 aromatic heterocycles. The van der Waals surface area contributed by atoms with Crippen LogP contribution >= 0.6 is 0 Å². The third-order valence-corrected chi connectivity index (χ3v) is 1.83. The van der Waals surface area contributed by atoms with Gasteiger partial charge in [-0.1, -0.05) is 6.92 Å². The van der Waals surface area contributed by atoms with Gasteiger partial charge in [0.1, 0.15) is 0 Å². The fourth-order valence-corrected chi connectivity index (χ4v) is 1.15. The topological polar surface area (TPSA) is 33.0 Å². The van der Waals surface area contributed by atoms with E-state index >= 15 is 0 Å². The molecule has 0 aliphatic rings. The van der Waals surface area contributed by atoms with Gasteiger partial charge in [-0.2, -0.15) is 5.26 Å². The maximum atomic E-state index is 8.42. The molecule has 0 aromatic carbocycles. The van der Waals surface area contributed by atoms with E-state index in [1.165, 1.54) is 0 Å². The summed E-state index contributed by atoms with van der Waals surface area (Å²) in [5, 5.41) is 8.42. The molecule has 64 valence electrons. The van der Waals surface area contributed by atoms with E-state index < -0.39 is 0 Å². The van der Waals surface area contributed by atoms with Gasteiger partial charge in [0.2, 0.25) is 0 Å². The molecule has 0 aliphatic carbocycles. The minimum atomic E-state index is -0.0870. The number of hydrogen-bond donors (Lipinski definition) is 0. The standard InChI is InChI=1S/C9H17NO/c1-8(5-6-10)7-9(2,3)11-4/h8H,5,7H2,1-4H3. The second-order valence-corrected chi connectivity index (χ2v) is 3.64. The lowest BCUT2D eigenvalue weighted by atomic mass is 9.93. The Balaban J connectivity index is 3.75. The van der Waals surface area contributed by atoms with Crippen molar-refractivity contribution < 1.29 is 4.74 Å². The molecule has 0 amide bonds. The number of ether oxygens (including phenoxy) is 1. The Labute approximate surface area is 69.2 Å². The van der Waals surface area contributed by atoms with Crippen LogP contribution in [0, 0.1) is 17.2 Å². The van der Waals surface area contributed by atoms with Crippen molar-refractivity contribution in [2.45, 2.75) is 39.2 Å². The van der Waals surface area contributed by atoms with E-state index in [1.807, 2.05) is 13.8 Å². The molecular formula is C9H17NO. The number of rotatable bonds is 4. The van der Waals surface area contributed by atoms with Crippen LogP contribution in [0.2, 0.25) is 0 Å². The molecule has 1 unspecified atom stereocenters. The molecule has 0 aromatic rings. The molecule has 0 saturated carbocycles. The first-order valence-corrected chi connectivity index (χ1v) is 3.94. The lowest BCUT2D eigenvalue weighted by Crippen LogP contribution is -2.25. The van der Waals surface area contributed by atoms with Gasteiger partial charge in [-0.3, -0.25) is 0 Å². The summed E-state index contributed by atoms with van der Waals surface area (Å²) >= 11 is 0. The number of methoxy groups -OCH3 is 1. The van der Waals surface area contributed by atoms with Crippen LogP contribution in [0.4, 0.5) is 0 Å². The third-order valence-electron chi connectivity index (χ3n) is 1.83. The van der Waals surface area contributed by atoms with Crippen molar-refractivity contribution in [2.24, 2.45) is 5.92 Å². The van der Waals surface area contributed by atoms with Gasteiger partial charge in [0.05, 0.1) is 11.7 Å². The molecule has 0 heterocycles. The zero-order valence-corrected chi connectivity index (χ0v) is 7.85. The molecule has 0 aliphatic heterocycles. The number of hydrogen-bond acceptors (Lipinski definition) is 2. The summed E-state index contributed by atoms with van der Waals surface area (Å²) in [5.74, 6) is 0.426. The Morgan fingerprint density at radius 3 is 2.45 bits per heavy atom. The molecule has 0 radical (unpaired) electrons. The van der Waals surface area contributed by atoms with Crippen LogP contribution in [0.15, 0.2) is 0 Å². The van der Waals surface area contributed by atoms with Gasteiger partial charge in [-0.25, -0.2) is 0 Å². The lowest BCUT2D eigenvalue weighted by Gasteiger charge is -2.25. The lowest BCUT2D eigenvalue weighted by molar-refractivity contribution is 0.00434. The Morgan fingerprint density at radius 2 is 2.09 bits per heavy atom. The highest BCUT2D eigenvalue weighted by Crippen LogP contribution is 2.20. The fraction of sp³-hybridized carbons (Fsp3) is 0.889. The Bertz CT molecular complexity index is 146. The van der Waals surface area contributed by atoms with Gasteiger partial charge in [0.25, 0.3) is 0 Å². The van der Waals surface area contributed by atoms with Gasteiger partial charge in [-0.05, 0) is 26.2 Å². The Kier molecular flexibility index (Phi) is 4.14. The quantitative estimate of drug-likeness (QED) is 0.624. The average Bonchev–Trinajstić information content (AvgIpc) is 1.87. The Morgan fingerprint density at radius 1 is 1.55 bits per heavy atom. The van der Waals surface area contributed by atoms with E-state index in [0.29, 0.717) is 12.3 Å². The predicted octanol–water partition coefficient (Wildman–Crippen LogP) is 2.35. The van der Waals surface area contributed by atoms with Crippen LogP contribution in [-0.2, 0) is 4.74 Å². The van der Waals surface area contributed by atoms with Gasteiger partial charge in [0, 0.05) is 13.5 Å². The molecule has 0 saturated heterocycles. The summed E-state index contributed by atoms with van der Waals surface area (Å²) in [6.07, 6.45) is 1.56. The maximum absolute atomic E-state index is 8.42. The van der Waals surface area contributed by atoms with E-state index in [2.05, 4.69) is 13.0 Å². The molecule has 1 atom stereocenters. The molecule has 0 N–H and O–H groups in total. The molecule has 2 nitrogen and oxygen atoms in total. The predicted molar refractivity (Wildman–Crippen MR) is 45.1 cm³/mol. The van der Waals surface area contributed by atoms with Crippen molar-refractivity contribution in [3.05, 3.63) is 0 Å². The van der Waals surface area contributed by atoms with Crippen molar-refractivity contribution in [3.8, 4) is 6.07 Å². The van der Waals surface area contributed by atoms with E-state index in [-0.39, 0.29) is 5.60 Å². The first-order valence-electron chi connectivity index (χ1n) is 3.94. The molecule has 0 fully saturated rings. The van der Waals surface area contributed by atoms with E-state index in [1.54, 1.807) is 7.11 Å². The SMILES string of the molecule is COC(C)(C)CC(C)CC#N. The normalized spacial score (nSPS) is 14.1. The van der Waals surface area contributed by atoms with Crippen LogP contribution in [0.3, 0.4) is 0 Å². The molecule has 0 rings (SSSR count). The van der Waals surface area contributed by atoms with Gasteiger partial charge in [0.15, 0.2) is 0 Å². The van der Waals surface area contributed by atoms with Crippen molar-refractivity contribution in [2.75, 3.05) is 7.11 Å². The smallest absolute Gasteiger partial charge is 0.0625 e. The highest BCUT2D eigenvalue weighted by Gasteiger charge is 2.19. The minimum Gasteiger partial charge on any atom is -0.379 e. The van der Waals surface area contributed by atoms with E-state index in [9.17, 15) is 0 Å². The van der Waals surface area contributed by atoms with Gasteiger partial charge >= 0.3 is 0 Å². The maximum Gasteiger partial charge on any atom is 0.0625 e. The van der Waals surface area contributed by atoms with Crippen LogP contribution in [-0.4, -0.2) is 12.7 Å². The molecule has 0 spiro atoms. The van der Waals surface area contributed by atoms with Gasteiger partial charge in [-0.15, -0.1) is 0 Å². The van der Waals surface area contributed by atoms with Crippen molar-refractivity contribution >= 4 is 0 Å². The monoisotopic (exact) mass is 155 g/mol. The summed E-state index contributed by atoms with van der Waals surface area (Å²) in [7, 11) is 1.71. The van der Waals surface area contributed by atoms with Crippen LogP contribution < -0.4 is 0 Å². The molecule has 11 heavy (non-hydrogen) atoms. The van der Waals surface area contributed by atoms with Crippen molar-refractivity contribution in [3.63, 3.8) is 0 Å². The van der Waals surface area contributed by atoms with Crippen molar-refractivity contribution in [1.82, 2.24) is 0 Å². The summed E-state index contributed by atoms with van der Waals surface area (Å²) in [6.45, 7) is 6.16. The van der Waals surface area contributed by atoms with Crippen LogP contribution in [0.25, 0.3) is 0 Å². The highest BCUT2D eigenvalue weighted by molar-refractivity contribution is 4.78. The first-order chi connectivity index (χ1) is 5.02. The summed E-state index contributed by atoms with van der Waals surface area (Å²) in [4.78, 5) is 0. The summed E-state index contributed by atoms with van der Waals surface area (Å²) in [6, 6.07) is 2.16. The zero-order chi connectivity index (χ0) is 8.91. The Hall–Kier alpha value is -0.550. The third kappa shape index (κ3) is 4.80. The van der Waals surface area contributed by atoms with E-state index in [0.717, 1.165) is 6.42 Å². The van der Waals surface area contributed by atoms with Crippen molar-refractivity contribution in [1.29, 1.82) is 5.26 Å². The van der Waals surface area contributed by atoms with Gasteiger partial charge < -0.3 is 4.74 Å². The van der Waals surface area contributed by atoms with E-state index in [4.69, 9.17) is 10.00 Å². The van der Waals surface area contributed by atoms with Crippen LogP contribution in [0.5, 0.6) is 0 Å². The zero-order valence-electron chi connectivity index (χ0n) is 7.85. The second-order valence-electron chi connectivity index (χ2n) is 3.64. The molecule has 2 heteroatoms. The highest BCUT2D eigenvalue weighted by atomic mass is 16.5. The summed E-state index contributed by atoms with van der Waals surface area (Å²) in [5.41, 5.74) is -0.0870.